The van der Waals surface area contributed by atoms with Gasteiger partial charge in [0.2, 0.25) is 0 Å². The van der Waals surface area contributed by atoms with E-state index >= 15 is 0 Å². The van der Waals surface area contributed by atoms with Crippen molar-refractivity contribution in [3.63, 3.8) is 0 Å². The maximum atomic E-state index is 10.7. The minimum absolute atomic E-state index is 0.297. The number of rotatable bonds is 6. The molecule has 1 unspecified atom stereocenters. The molecule has 0 aliphatic rings. The van der Waals surface area contributed by atoms with Gasteiger partial charge in [-0.2, -0.15) is 0 Å². The van der Waals surface area contributed by atoms with Crippen LogP contribution in [0.5, 0.6) is 0 Å². The van der Waals surface area contributed by atoms with Crippen molar-refractivity contribution in [1.29, 1.82) is 0 Å². The Labute approximate surface area is 103 Å². The van der Waals surface area contributed by atoms with E-state index in [9.17, 15) is 4.79 Å². The van der Waals surface area contributed by atoms with Crippen molar-refractivity contribution in [1.82, 2.24) is 0 Å². The molecule has 0 spiro atoms. The first-order chi connectivity index (χ1) is 8.02. The van der Waals surface area contributed by atoms with Crippen molar-refractivity contribution in [3.05, 3.63) is 29.8 Å². The number of hydrogen-bond donors (Lipinski definition) is 2. The molecular formula is C14H21NO2. The second kappa shape index (κ2) is 6.28. The number of carbonyl (C=O) groups is 1. The Bertz CT molecular complexity index is 374. The summed E-state index contributed by atoms with van der Waals surface area (Å²) in [7, 11) is 0. The molecule has 0 radical (unpaired) electrons. The van der Waals surface area contributed by atoms with Crippen LogP contribution in [0.3, 0.4) is 0 Å². The van der Waals surface area contributed by atoms with E-state index in [1.54, 1.807) is 6.92 Å². The highest BCUT2D eigenvalue weighted by Gasteiger charge is 2.10. The van der Waals surface area contributed by atoms with Crippen LogP contribution in [-0.2, 0) is 4.79 Å². The predicted octanol–water partition coefficient (Wildman–Crippen LogP) is 3.33. The molecule has 0 aliphatic heterocycles. The lowest BCUT2D eigenvalue weighted by atomic mass is 10.0. The molecule has 0 fully saturated rings. The highest BCUT2D eigenvalue weighted by molar-refractivity contribution is 5.69. The smallest absolute Gasteiger partial charge is 0.306 e. The van der Waals surface area contributed by atoms with Crippen LogP contribution in [0.15, 0.2) is 24.3 Å². The molecular weight excluding hydrogens is 214 g/mol. The van der Waals surface area contributed by atoms with Gasteiger partial charge < -0.3 is 10.4 Å². The first-order valence-electron chi connectivity index (χ1n) is 6.08. The van der Waals surface area contributed by atoms with Crippen molar-refractivity contribution in [3.8, 4) is 0 Å². The molecule has 17 heavy (non-hydrogen) atoms. The highest BCUT2D eigenvalue weighted by atomic mass is 16.4. The van der Waals surface area contributed by atoms with E-state index in [0.29, 0.717) is 18.9 Å². The topological polar surface area (TPSA) is 49.3 Å². The molecule has 0 saturated heterocycles. The van der Waals surface area contributed by atoms with E-state index in [2.05, 4.69) is 25.2 Å². The number of anilines is 1. The molecule has 1 atom stereocenters. The summed E-state index contributed by atoms with van der Waals surface area (Å²) in [5, 5.41) is 12.1. The number of hydrogen-bond acceptors (Lipinski definition) is 2. The molecule has 0 heterocycles. The lowest BCUT2D eigenvalue weighted by Crippen LogP contribution is -2.15. The molecule has 2 N–H and O–H groups in total. The van der Waals surface area contributed by atoms with E-state index in [-0.39, 0.29) is 5.92 Å². The molecule has 0 aromatic heterocycles. The SMILES string of the molecule is CC(CCNc1ccccc1C(C)C)C(=O)O. The number of carboxylic acids is 1. The van der Waals surface area contributed by atoms with Crippen LogP contribution in [0.1, 0.15) is 38.7 Å². The standard InChI is InChI=1S/C14H21NO2/c1-10(2)12-6-4-5-7-13(12)15-9-8-11(3)14(16)17/h4-7,10-11,15H,8-9H2,1-3H3,(H,16,17). The summed E-state index contributed by atoms with van der Waals surface area (Å²) >= 11 is 0. The fraction of sp³-hybridized carbons (Fsp3) is 0.500. The van der Waals surface area contributed by atoms with Gasteiger partial charge in [-0.1, -0.05) is 39.0 Å². The zero-order valence-electron chi connectivity index (χ0n) is 10.7. The van der Waals surface area contributed by atoms with Crippen molar-refractivity contribution in [2.75, 3.05) is 11.9 Å². The van der Waals surface area contributed by atoms with Gasteiger partial charge in [0.1, 0.15) is 0 Å². The van der Waals surface area contributed by atoms with Crippen molar-refractivity contribution in [2.45, 2.75) is 33.1 Å². The first kappa shape index (κ1) is 13.6. The van der Waals surface area contributed by atoms with E-state index in [0.717, 1.165) is 5.69 Å². The molecule has 0 amide bonds. The van der Waals surface area contributed by atoms with Gasteiger partial charge in [0.25, 0.3) is 0 Å². The van der Waals surface area contributed by atoms with Crippen LogP contribution in [0.4, 0.5) is 5.69 Å². The minimum atomic E-state index is -0.732. The van der Waals surface area contributed by atoms with Crippen molar-refractivity contribution in [2.24, 2.45) is 5.92 Å². The quantitative estimate of drug-likeness (QED) is 0.795. The zero-order chi connectivity index (χ0) is 12.8. The van der Waals surface area contributed by atoms with E-state index in [4.69, 9.17) is 5.11 Å². The van der Waals surface area contributed by atoms with Gasteiger partial charge in [0.15, 0.2) is 0 Å². The second-order valence-corrected chi connectivity index (χ2v) is 4.70. The molecule has 1 rings (SSSR count). The Kier molecular flexibility index (Phi) is 5.01. The Morgan fingerprint density at radius 2 is 1.94 bits per heavy atom. The Balaban J connectivity index is 2.55. The summed E-state index contributed by atoms with van der Waals surface area (Å²) in [6.07, 6.45) is 0.641. The van der Waals surface area contributed by atoms with Gasteiger partial charge >= 0.3 is 5.97 Å². The Morgan fingerprint density at radius 3 is 2.53 bits per heavy atom. The fourth-order valence-electron chi connectivity index (χ4n) is 1.71. The summed E-state index contributed by atoms with van der Waals surface area (Å²) in [4.78, 5) is 10.7. The third-order valence-electron chi connectivity index (χ3n) is 2.90. The largest absolute Gasteiger partial charge is 0.481 e. The normalized spacial score (nSPS) is 12.5. The molecule has 0 saturated carbocycles. The van der Waals surface area contributed by atoms with Crippen LogP contribution in [0, 0.1) is 5.92 Å². The molecule has 1 aromatic rings. The summed E-state index contributed by atoms with van der Waals surface area (Å²) in [6, 6.07) is 8.17. The number of aliphatic carboxylic acids is 1. The van der Waals surface area contributed by atoms with E-state index in [1.165, 1.54) is 5.56 Å². The van der Waals surface area contributed by atoms with Gasteiger partial charge in [0.05, 0.1) is 5.92 Å². The molecule has 1 aromatic carbocycles. The monoisotopic (exact) mass is 235 g/mol. The molecule has 0 aliphatic carbocycles. The lowest BCUT2D eigenvalue weighted by Gasteiger charge is -2.15. The zero-order valence-corrected chi connectivity index (χ0v) is 10.7. The Morgan fingerprint density at radius 1 is 1.29 bits per heavy atom. The molecule has 94 valence electrons. The third-order valence-corrected chi connectivity index (χ3v) is 2.90. The number of carboxylic acid groups (broad SMARTS) is 1. The van der Waals surface area contributed by atoms with Gasteiger partial charge in [-0.3, -0.25) is 4.79 Å². The predicted molar refractivity (Wildman–Crippen MR) is 70.4 cm³/mol. The van der Waals surface area contributed by atoms with Gasteiger partial charge in [-0.15, -0.1) is 0 Å². The average Bonchev–Trinajstić information content (AvgIpc) is 2.29. The molecule has 0 bridgehead atoms. The first-order valence-corrected chi connectivity index (χ1v) is 6.08. The summed E-state index contributed by atoms with van der Waals surface area (Å²) in [6.45, 7) is 6.73. The number of nitrogens with one attached hydrogen (secondary N) is 1. The van der Waals surface area contributed by atoms with Crippen molar-refractivity contribution >= 4 is 11.7 Å². The molecule has 3 nitrogen and oxygen atoms in total. The summed E-state index contributed by atoms with van der Waals surface area (Å²) in [5.74, 6) is -0.562. The van der Waals surface area contributed by atoms with Gasteiger partial charge in [-0.25, -0.2) is 0 Å². The molecule has 3 heteroatoms. The fourth-order valence-corrected chi connectivity index (χ4v) is 1.71. The third kappa shape index (κ3) is 4.10. The number of benzene rings is 1. The second-order valence-electron chi connectivity index (χ2n) is 4.70. The highest BCUT2D eigenvalue weighted by Crippen LogP contribution is 2.23. The maximum Gasteiger partial charge on any atom is 0.306 e. The lowest BCUT2D eigenvalue weighted by molar-refractivity contribution is -0.141. The maximum absolute atomic E-state index is 10.7. The van der Waals surface area contributed by atoms with Crippen LogP contribution >= 0.6 is 0 Å². The van der Waals surface area contributed by atoms with Crippen molar-refractivity contribution < 1.29 is 9.90 Å². The van der Waals surface area contributed by atoms with Crippen LogP contribution in [-0.4, -0.2) is 17.6 Å². The van der Waals surface area contributed by atoms with E-state index < -0.39 is 5.97 Å². The summed E-state index contributed by atoms with van der Waals surface area (Å²) < 4.78 is 0. The number of para-hydroxylation sites is 1. The van der Waals surface area contributed by atoms with Gasteiger partial charge in [-0.05, 0) is 24.0 Å². The van der Waals surface area contributed by atoms with Gasteiger partial charge in [0, 0.05) is 12.2 Å². The Hall–Kier alpha value is -1.51. The van der Waals surface area contributed by atoms with Crippen LogP contribution in [0.2, 0.25) is 0 Å². The van der Waals surface area contributed by atoms with Crippen LogP contribution < -0.4 is 5.32 Å². The van der Waals surface area contributed by atoms with Crippen LogP contribution in [0.25, 0.3) is 0 Å². The minimum Gasteiger partial charge on any atom is -0.481 e. The summed E-state index contributed by atoms with van der Waals surface area (Å²) in [5.41, 5.74) is 2.38. The van der Waals surface area contributed by atoms with E-state index in [1.807, 2.05) is 18.2 Å². The average molecular weight is 235 g/mol.